The van der Waals surface area contributed by atoms with Crippen LogP contribution in [0.2, 0.25) is 0 Å². The normalized spacial score (nSPS) is 12.1. The van der Waals surface area contributed by atoms with Gasteiger partial charge in [-0.2, -0.15) is 16.8 Å². The molecule has 2 rings (SSSR count). The molecule has 0 radical (unpaired) electrons. The molecule has 0 heterocycles. The third-order valence-corrected chi connectivity index (χ3v) is 5.17. The van der Waals surface area contributed by atoms with Crippen LogP contribution in [0.15, 0.2) is 52.3 Å². The Balaban J connectivity index is 2.37. The highest BCUT2D eigenvalue weighted by molar-refractivity contribution is 7.87. The monoisotopic (exact) mass is 342 g/mol. The van der Waals surface area contributed by atoms with Crippen molar-refractivity contribution in [2.45, 2.75) is 23.6 Å². The highest BCUT2D eigenvalue weighted by atomic mass is 32.2. The van der Waals surface area contributed by atoms with Crippen LogP contribution in [0.25, 0.3) is 0 Å². The van der Waals surface area contributed by atoms with Gasteiger partial charge in [-0.25, -0.2) is 0 Å². The van der Waals surface area contributed by atoms with Crippen molar-refractivity contribution in [3.63, 3.8) is 0 Å². The van der Waals surface area contributed by atoms with Crippen molar-refractivity contribution in [2.24, 2.45) is 0 Å². The quantitative estimate of drug-likeness (QED) is 0.676. The summed E-state index contributed by atoms with van der Waals surface area (Å²) in [4.78, 5) is -0.295. The van der Waals surface area contributed by atoms with E-state index in [1.54, 1.807) is 19.1 Å². The van der Waals surface area contributed by atoms with Gasteiger partial charge in [0, 0.05) is 0 Å². The van der Waals surface area contributed by atoms with Gasteiger partial charge in [-0.3, -0.25) is 4.55 Å². The first-order valence-corrected chi connectivity index (χ1v) is 9.04. The largest absolute Gasteiger partial charge is 0.379 e. The predicted molar refractivity (Wildman–Crippen MR) is 80.0 cm³/mol. The van der Waals surface area contributed by atoms with Crippen molar-refractivity contribution >= 4 is 20.2 Å². The minimum Gasteiger partial charge on any atom is -0.379 e. The molecule has 0 aromatic heterocycles. The van der Waals surface area contributed by atoms with E-state index in [0.29, 0.717) is 0 Å². The number of rotatable bonds is 4. The molecule has 0 amide bonds. The van der Waals surface area contributed by atoms with Gasteiger partial charge in [0.2, 0.25) is 0 Å². The summed E-state index contributed by atoms with van der Waals surface area (Å²) in [6, 6.07) is 9.71. The van der Waals surface area contributed by atoms with Gasteiger partial charge in [0.1, 0.15) is 10.6 Å². The Morgan fingerprint density at radius 2 is 1.64 bits per heavy atom. The fraction of sp³-hybridized carbons (Fsp3) is 0.143. The minimum absolute atomic E-state index is 0.00371. The van der Waals surface area contributed by atoms with Crippen LogP contribution >= 0.6 is 0 Å². The van der Waals surface area contributed by atoms with Gasteiger partial charge in [0.25, 0.3) is 10.1 Å². The van der Waals surface area contributed by atoms with E-state index in [1.165, 1.54) is 31.2 Å². The van der Waals surface area contributed by atoms with Crippen molar-refractivity contribution in [2.75, 3.05) is 0 Å². The maximum absolute atomic E-state index is 12.2. The van der Waals surface area contributed by atoms with Crippen LogP contribution in [0.4, 0.5) is 0 Å². The van der Waals surface area contributed by atoms with Crippen molar-refractivity contribution in [1.82, 2.24) is 0 Å². The lowest BCUT2D eigenvalue weighted by Crippen LogP contribution is -2.10. The van der Waals surface area contributed by atoms with Gasteiger partial charge in [-0.15, -0.1) is 0 Å². The molecule has 0 unspecified atom stereocenters. The molecule has 0 aliphatic heterocycles. The average Bonchev–Trinajstić information content (AvgIpc) is 2.36. The molecule has 2 aromatic carbocycles. The molecule has 118 valence electrons. The maximum atomic E-state index is 12.2. The van der Waals surface area contributed by atoms with Crippen molar-refractivity contribution in [3.8, 4) is 5.75 Å². The highest BCUT2D eigenvalue weighted by Gasteiger charge is 2.19. The average molecular weight is 342 g/mol. The molecule has 0 aliphatic rings. The molecule has 0 aliphatic carbocycles. The zero-order chi connectivity index (χ0) is 16.5. The van der Waals surface area contributed by atoms with Gasteiger partial charge < -0.3 is 4.18 Å². The summed E-state index contributed by atoms with van der Waals surface area (Å²) in [5, 5.41) is 0. The Kier molecular flexibility index (Phi) is 4.28. The van der Waals surface area contributed by atoms with Gasteiger partial charge in [-0.1, -0.05) is 12.1 Å². The summed E-state index contributed by atoms with van der Waals surface area (Å²) in [6.45, 7) is 3.18. The number of hydrogen-bond donors (Lipinski definition) is 1. The van der Waals surface area contributed by atoms with Gasteiger partial charge >= 0.3 is 10.1 Å². The highest BCUT2D eigenvalue weighted by Crippen LogP contribution is 2.24. The summed E-state index contributed by atoms with van der Waals surface area (Å²) < 4.78 is 60.5. The van der Waals surface area contributed by atoms with E-state index in [-0.39, 0.29) is 21.1 Å². The molecular formula is C14H14O6S2. The van der Waals surface area contributed by atoms with Crippen LogP contribution < -0.4 is 4.18 Å². The summed E-state index contributed by atoms with van der Waals surface area (Å²) in [5.74, 6) is -0.0357. The molecule has 6 nitrogen and oxygen atoms in total. The van der Waals surface area contributed by atoms with Gasteiger partial charge in [0.05, 0.1) is 4.90 Å². The molecule has 22 heavy (non-hydrogen) atoms. The van der Waals surface area contributed by atoms with E-state index in [0.717, 1.165) is 11.6 Å². The number of aryl methyl sites for hydroxylation is 2. The fourth-order valence-electron chi connectivity index (χ4n) is 1.91. The summed E-state index contributed by atoms with van der Waals surface area (Å²) in [5.41, 5.74) is 0.946. The van der Waals surface area contributed by atoms with E-state index in [1.807, 2.05) is 0 Å². The Hall–Kier alpha value is -1.90. The Labute approximate surface area is 129 Å². The fourth-order valence-corrected chi connectivity index (χ4v) is 3.64. The van der Waals surface area contributed by atoms with E-state index >= 15 is 0 Å². The number of hydrogen-bond acceptors (Lipinski definition) is 5. The molecule has 1 N–H and O–H groups in total. The summed E-state index contributed by atoms with van der Waals surface area (Å²) >= 11 is 0. The molecule has 0 saturated heterocycles. The van der Waals surface area contributed by atoms with Gasteiger partial charge in [0.15, 0.2) is 0 Å². The maximum Gasteiger partial charge on any atom is 0.339 e. The van der Waals surface area contributed by atoms with E-state index in [2.05, 4.69) is 0 Å². The summed E-state index contributed by atoms with van der Waals surface area (Å²) in [6.07, 6.45) is 0. The number of benzene rings is 2. The molecule has 0 bridgehead atoms. The third-order valence-electron chi connectivity index (χ3n) is 2.91. The van der Waals surface area contributed by atoms with Crippen LogP contribution in [-0.2, 0) is 20.2 Å². The molecule has 0 spiro atoms. The summed E-state index contributed by atoms with van der Waals surface area (Å²) in [7, 11) is -8.37. The second kappa shape index (κ2) is 5.71. The second-order valence-electron chi connectivity index (χ2n) is 4.76. The van der Waals surface area contributed by atoms with E-state index in [9.17, 15) is 16.8 Å². The van der Waals surface area contributed by atoms with Crippen molar-refractivity contribution < 1.29 is 25.6 Å². The molecule has 0 fully saturated rings. The van der Waals surface area contributed by atoms with E-state index in [4.69, 9.17) is 8.74 Å². The molecule has 0 saturated carbocycles. The standard InChI is InChI=1S/C14H14O6S2/c1-10-4-3-5-13(8-10)22(18,19)20-12-6-7-14(11(2)9-12)21(15,16)17/h3-9H,1-2H3,(H,15,16,17). The first kappa shape index (κ1) is 16.5. The SMILES string of the molecule is Cc1cccc(S(=O)(=O)Oc2ccc(S(=O)(=O)O)c(C)c2)c1. The Bertz CT molecular complexity index is 914. The van der Waals surface area contributed by atoms with Crippen LogP contribution in [0.1, 0.15) is 11.1 Å². The Morgan fingerprint density at radius 3 is 2.18 bits per heavy atom. The van der Waals surface area contributed by atoms with Crippen molar-refractivity contribution in [1.29, 1.82) is 0 Å². The predicted octanol–water partition coefficient (Wildman–Crippen LogP) is 2.32. The first-order valence-electron chi connectivity index (χ1n) is 6.19. The van der Waals surface area contributed by atoms with Crippen molar-refractivity contribution in [3.05, 3.63) is 53.6 Å². The topological polar surface area (TPSA) is 97.7 Å². The lowest BCUT2D eigenvalue weighted by atomic mass is 10.2. The zero-order valence-corrected chi connectivity index (χ0v) is 13.5. The second-order valence-corrected chi connectivity index (χ2v) is 7.69. The third kappa shape index (κ3) is 3.65. The molecule has 8 heteroatoms. The van der Waals surface area contributed by atoms with Crippen LogP contribution in [0.3, 0.4) is 0 Å². The Morgan fingerprint density at radius 1 is 0.955 bits per heavy atom. The smallest absolute Gasteiger partial charge is 0.339 e. The van der Waals surface area contributed by atoms with Gasteiger partial charge in [-0.05, 0) is 55.3 Å². The lowest BCUT2D eigenvalue weighted by molar-refractivity contribution is 0.481. The van der Waals surface area contributed by atoms with Crippen LogP contribution in [-0.4, -0.2) is 21.4 Å². The van der Waals surface area contributed by atoms with Crippen LogP contribution in [0, 0.1) is 13.8 Å². The molecule has 0 atom stereocenters. The first-order chi connectivity index (χ1) is 10.1. The zero-order valence-electron chi connectivity index (χ0n) is 11.8. The molecular weight excluding hydrogens is 328 g/mol. The van der Waals surface area contributed by atoms with E-state index < -0.39 is 20.2 Å². The van der Waals surface area contributed by atoms with Crippen LogP contribution in [0.5, 0.6) is 5.75 Å². The lowest BCUT2D eigenvalue weighted by Gasteiger charge is -2.09. The minimum atomic E-state index is -4.36. The molecule has 2 aromatic rings.